The lowest BCUT2D eigenvalue weighted by Crippen LogP contribution is -1.99. The molecule has 3 heterocycles. The zero-order valence-electron chi connectivity index (χ0n) is 15.7. The number of anilines is 1. The highest BCUT2D eigenvalue weighted by atomic mass is 16.5. The minimum absolute atomic E-state index is 0. The highest BCUT2D eigenvalue weighted by Gasteiger charge is 2.08. The van der Waals surface area contributed by atoms with Crippen LogP contribution in [0, 0.1) is 0 Å². The molecule has 0 spiro atoms. The van der Waals surface area contributed by atoms with Gasteiger partial charge in [-0.25, -0.2) is 4.98 Å². The molecule has 0 amide bonds. The van der Waals surface area contributed by atoms with Crippen molar-refractivity contribution in [3.05, 3.63) is 78.6 Å². The summed E-state index contributed by atoms with van der Waals surface area (Å²) >= 11 is 0. The van der Waals surface area contributed by atoms with Crippen LogP contribution in [0.25, 0.3) is 27.5 Å². The first-order valence-electron chi connectivity index (χ1n) is 8.91. The summed E-state index contributed by atoms with van der Waals surface area (Å²) in [5.41, 5.74) is 7.82. The number of methoxy groups -OCH3 is 1. The fourth-order valence-corrected chi connectivity index (χ4v) is 3.36. The van der Waals surface area contributed by atoms with Gasteiger partial charge in [0.1, 0.15) is 5.75 Å². The minimum Gasteiger partial charge on any atom is -0.497 e. The Balaban J connectivity index is 0.00000205. The first-order valence-corrected chi connectivity index (χ1v) is 8.91. The number of aromatic nitrogens is 3. The van der Waals surface area contributed by atoms with Crippen molar-refractivity contribution in [2.45, 2.75) is 0 Å². The smallest absolute Gasteiger partial charge is 0.171 e. The Morgan fingerprint density at radius 2 is 1.90 bits per heavy atom. The predicted molar refractivity (Wildman–Crippen MR) is 116 cm³/mol. The quantitative estimate of drug-likeness (QED) is 0.377. The summed E-state index contributed by atoms with van der Waals surface area (Å²) in [4.78, 5) is 9.12. The third-order valence-corrected chi connectivity index (χ3v) is 4.72. The molecule has 29 heavy (non-hydrogen) atoms. The molecular weight excluding hydrogens is 366 g/mol. The molecular formula is C22H19N5O2. The molecule has 0 aliphatic carbocycles. The lowest BCUT2D eigenvalue weighted by molar-refractivity contribution is 0.415. The van der Waals surface area contributed by atoms with E-state index in [2.05, 4.69) is 19.9 Å². The molecule has 0 aliphatic heterocycles. The SMILES string of the molecule is COc1ccc2c(c1)nc(N/N=C/c1ccnc3ccccc13)c1cccn12.O. The fraction of sp³-hybridized carbons (Fsp3) is 0.0455. The fourth-order valence-electron chi connectivity index (χ4n) is 3.36. The van der Waals surface area contributed by atoms with Crippen molar-refractivity contribution in [2.75, 3.05) is 12.5 Å². The van der Waals surface area contributed by atoms with E-state index in [-0.39, 0.29) is 5.48 Å². The van der Waals surface area contributed by atoms with E-state index in [1.807, 2.05) is 66.9 Å². The highest BCUT2D eigenvalue weighted by Crippen LogP contribution is 2.25. The maximum atomic E-state index is 5.33. The lowest BCUT2D eigenvalue weighted by atomic mass is 10.1. The summed E-state index contributed by atoms with van der Waals surface area (Å²) in [6.45, 7) is 0. The van der Waals surface area contributed by atoms with Gasteiger partial charge in [0.25, 0.3) is 0 Å². The average Bonchev–Trinajstić information content (AvgIpc) is 3.24. The number of para-hydroxylation sites is 1. The summed E-state index contributed by atoms with van der Waals surface area (Å²) in [5, 5.41) is 5.49. The second-order valence-electron chi connectivity index (χ2n) is 6.37. The van der Waals surface area contributed by atoms with E-state index in [1.165, 1.54) is 0 Å². The van der Waals surface area contributed by atoms with Crippen LogP contribution in [0.3, 0.4) is 0 Å². The van der Waals surface area contributed by atoms with Crippen LogP contribution >= 0.6 is 0 Å². The number of hydrazone groups is 1. The molecule has 0 aliphatic rings. The van der Waals surface area contributed by atoms with E-state index in [0.29, 0.717) is 5.82 Å². The van der Waals surface area contributed by atoms with E-state index in [9.17, 15) is 0 Å². The van der Waals surface area contributed by atoms with Crippen LogP contribution in [0.1, 0.15) is 5.56 Å². The lowest BCUT2D eigenvalue weighted by Gasteiger charge is -2.09. The van der Waals surface area contributed by atoms with Gasteiger partial charge in [-0.1, -0.05) is 18.2 Å². The van der Waals surface area contributed by atoms with Gasteiger partial charge in [0.15, 0.2) is 5.82 Å². The van der Waals surface area contributed by atoms with Crippen LogP contribution < -0.4 is 10.2 Å². The van der Waals surface area contributed by atoms with E-state index in [0.717, 1.165) is 38.8 Å². The Kier molecular flexibility index (Phi) is 4.80. The third kappa shape index (κ3) is 3.24. The van der Waals surface area contributed by atoms with Crippen molar-refractivity contribution in [3.8, 4) is 5.75 Å². The molecule has 0 fully saturated rings. The number of ether oxygens (including phenoxy) is 1. The number of nitrogens with one attached hydrogen (secondary N) is 1. The highest BCUT2D eigenvalue weighted by molar-refractivity contribution is 5.98. The molecule has 0 saturated carbocycles. The summed E-state index contributed by atoms with van der Waals surface area (Å²) in [5.74, 6) is 1.45. The van der Waals surface area contributed by atoms with Gasteiger partial charge in [0.05, 0.1) is 35.4 Å². The number of hydrogen-bond acceptors (Lipinski definition) is 5. The summed E-state index contributed by atoms with van der Waals surface area (Å²) < 4.78 is 7.42. The molecule has 0 saturated heterocycles. The molecule has 7 heteroatoms. The van der Waals surface area contributed by atoms with E-state index >= 15 is 0 Å². The number of nitrogens with zero attached hydrogens (tertiary/aromatic N) is 4. The molecule has 0 bridgehead atoms. The normalized spacial score (nSPS) is 11.2. The molecule has 5 rings (SSSR count). The number of rotatable bonds is 4. The Morgan fingerprint density at radius 1 is 1.00 bits per heavy atom. The van der Waals surface area contributed by atoms with Gasteiger partial charge in [-0.05, 0) is 36.4 Å². The average molecular weight is 385 g/mol. The van der Waals surface area contributed by atoms with Crippen LogP contribution in [0.2, 0.25) is 0 Å². The van der Waals surface area contributed by atoms with Crippen molar-refractivity contribution in [1.82, 2.24) is 14.4 Å². The molecule has 5 aromatic rings. The number of hydrogen-bond donors (Lipinski definition) is 1. The largest absolute Gasteiger partial charge is 0.497 e. The number of benzene rings is 2. The van der Waals surface area contributed by atoms with Crippen molar-refractivity contribution < 1.29 is 10.2 Å². The van der Waals surface area contributed by atoms with Crippen molar-refractivity contribution >= 4 is 39.5 Å². The number of fused-ring (bicyclic) bond motifs is 4. The third-order valence-electron chi connectivity index (χ3n) is 4.72. The monoisotopic (exact) mass is 385 g/mol. The summed E-state index contributed by atoms with van der Waals surface area (Å²) in [6.07, 6.45) is 5.59. The van der Waals surface area contributed by atoms with Crippen molar-refractivity contribution in [1.29, 1.82) is 0 Å². The van der Waals surface area contributed by atoms with Crippen LogP contribution in [-0.2, 0) is 0 Å². The molecule has 7 nitrogen and oxygen atoms in total. The second kappa shape index (κ2) is 7.57. The Bertz CT molecular complexity index is 1340. The van der Waals surface area contributed by atoms with E-state index < -0.39 is 0 Å². The van der Waals surface area contributed by atoms with Crippen molar-refractivity contribution in [3.63, 3.8) is 0 Å². The van der Waals surface area contributed by atoms with Crippen LogP contribution in [-0.4, -0.2) is 33.2 Å². The minimum atomic E-state index is 0. The second-order valence-corrected chi connectivity index (χ2v) is 6.37. The van der Waals surface area contributed by atoms with Gasteiger partial charge in [0, 0.05) is 29.4 Å². The maximum absolute atomic E-state index is 5.33. The van der Waals surface area contributed by atoms with E-state index in [4.69, 9.17) is 9.72 Å². The molecule has 144 valence electrons. The Hall–Kier alpha value is -3.97. The van der Waals surface area contributed by atoms with Crippen molar-refractivity contribution in [2.24, 2.45) is 5.10 Å². The zero-order valence-corrected chi connectivity index (χ0v) is 15.7. The zero-order chi connectivity index (χ0) is 18.9. The molecule has 0 atom stereocenters. The van der Waals surface area contributed by atoms with Gasteiger partial charge >= 0.3 is 0 Å². The van der Waals surface area contributed by atoms with E-state index in [1.54, 1.807) is 19.5 Å². The van der Waals surface area contributed by atoms with Gasteiger partial charge < -0.3 is 14.6 Å². The summed E-state index contributed by atoms with van der Waals surface area (Å²) in [6, 6.07) is 19.8. The van der Waals surface area contributed by atoms with Gasteiger partial charge in [0.2, 0.25) is 0 Å². The molecule has 3 aromatic heterocycles. The summed E-state index contributed by atoms with van der Waals surface area (Å²) in [7, 11) is 1.65. The van der Waals surface area contributed by atoms with Gasteiger partial charge in [-0.3, -0.25) is 10.4 Å². The Morgan fingerprint density at radius 3 is 2.79 bits per heavy atom. The van der Waals surface area contributed by atoms with Crippen LogP contribution in [0.5, 0.6) is 5.75 Å². The topological polar surface area (TPSA) is 95.3 Å². The number of pyridine rings is 1. The maximum Gasteiger partial charge on any atom is 0.171 e. The Labute approximate surface area is 166 Å². The molecule has 0 unspecified atom stereocenters. The van der Waals surface area contributed by atoms with Gasteiger partial charge in [-0.15, -0.1) is 0 Å². The molecule has 2 aromatic carbocycles. The first-order chi connectivity index (χ1) is 13.8. The van der Waals surface area contributed by atoms with Gasteiger partial charge in [-0.2, -0.15) is 5.10 Å². The standard InChI is InChI=1S/C22H17N5O.H2O/c1-28-16-8-9-20-19(13-16)25-22(21-7-4-12-27(20)21)26-24-14-15-10-11-23-18-6-3-2-5-17(15)18;/h2-14H,1H3,(H,25,26);1H2/b24-14+;. The predicted octanol–water partition coefficient (Wildman–Crippen LogP) is 3.67. The van der Waals surface area contributed by atoms with Crippen LogP contribution in [0.4, 0.5) is 5.82 Å². The van der Waals surface area contributed by atoms with Crippen LogP contribution in [0.15, 0.2) is 78.2 Å². The first kappa shape index (κ1) is 18.4. The molecule has 3 N–H and O–H groups in total. The molecule has 0 radical (unpaired) electrons.